The highest BCUT2D eigenvalue weighted by Gasteiger charge is 2.33. The molecule has 0 bridgehead atoms. The van der Waals surface area contributed by atoms with E-state index in [0.717, 1.165) is 65.1 Å². The summed E-state index contributed by atoms with van der Waals surface area (Å²) in [5.74, 6) is 1.87. The van der Waals surface area contributed by atoms with Gasteiger partial charge in [-0.15, -0.1) is 0 Å². The maximum atomic E-state index is 11.9. The molecule has 1 amide bonds. The minimum atomic E-state index is -0.0287. The molecule has 0 spiro atoms. The van der Waals surface area contributed by atoms with Crippen LogP contribution in [0.15, 0.2) is 22.7 Å². The molecule has 3 heterocycles. The maximum absolute atomic E-state index is 11.9. The van der Waals surface area contributed by atoms with Crippen molar-refractivity contribution in [2.75, 3.05) is 7.11 Å². The molecule has 1 aliphatic carbocycles. The molecule has 2 aliphatic rings. The quantitative estimate of drug-likeness (QED) is 0.723. The van der Waals surface area contributed by atoms with Crippen LogP contribution >= 0.6 is 0 Å². The van der Waals surface area contributed by atoms with Crippen LogP contribution in [-0.4, -0.2) is 33.8 Å². The lowest BCUT2D eigenvalue weighted by Crippen LogP contribution is -2.23. The van der Waals surface area contributed by atoms with E-state index in [1.54, 1.807) is 7.11 Å². The molecule has 1 saturated carbocycles. The smallest absolute Gasteiger partial charge is 0.220 e. The fraction of sp³-hybridized carbons (Fsp3) is 0.500. The standard InChI is InChI=1S/C22H26N4O3/c1-12-21(13(2)29-25-12)14-4-8-19-18(10-14)24-22(17-7-9-20(27)23-17)26(19)15-5-6-16(11-15)28-3/h4,8,10,15-17H,5-7,9,11H2,1-3H3,(H,23,27)/t15-,16-,17?/m1/s1. The third-order valence-electron chi connectivity index (χ3n) is 6.40. The lowest BCUT2D eigenvalue weighted by Gasteiger charge is -2.20. The Morgan fingerprint density at radius 2 is 2.10 bits per heavy atom. The van der Waals surface area contributed by atoms with Crippen molar-refractivity contribution >= 4 is 16.9 Å². The van der Waals surface area contributed by atoms with Gasteiger partial charge in [-0.2, -0.15) is 0 Å². The first-order chi connectivity index (χ1) is 14.0. The number of nitrogens with one attached hydrogen (secondary N) is 1. The summed E-state index contributed by atoms with van der Waals surface area (Å²) in [6, 6.07) is 6.68. The molecule has 1 saturated heterocycles. The Kier molecular flexibility index (Phi) is 4.42. The summed E-state index contributed by atoms with van der Waals surface area (Å²) in [7, 11) is 1.78. The topological polar surface area (TPSA) is 82.2 Å². The van der Waals surface area contributed by atoms with Crippen molar-refractivity contribution in [1.82, 2.24) is 20.0 Å². The van der Waals surface area contributed by atoms with Gasteiger partial charge in [-0.1, -0.05) is 11.2 Å². The van der Waals surface area contributed by atoms with Gasteiger partial charge in [-0.05, 0) is 57.2 Å². The molecule has 1 aliphatic heterocycles. The fourth-order valence-corrected chi connectivity index (χ4v) is 4.97. The minimum Gasteiger partial charge on any atom is -0.381 e. The van der Waals surface area contributed by atoms with Crippen molar-refractivity contribution in [3.63, 3.8) is 0 Å². The van der Waals surface area contributed by atoms with Gasteiger partial charge in [0.1, 0.15) is 11.6 Å². The normalized spacial score (nSPS) is 24.5. The van der Waals surface area contributed by atoms with E-state index in [0.29, 0.717) is 12.5 Å². The van der Waals surface area contributed by atoms with Crippen LogP contribution in [0.4, 0.5) is 0 Å². The van der Waals surface area contributed by atoms with Gasteiger partial charge < -0.3 is 19.1 Å². The number of aryl methyl sites for hydroxylation is 2. The summed E-state index contributed by atoms with van der Waals surface area (Å²) in [4.78, 5) is 16.9. The molecule has 5 rings (SSSR count). The van der Waals surface area contributed by atoms with E-state index in [9.17, 15) is 4.79 Å². The van der Waals surface area contributed by atoms with Crippen LogP contribution < -0.4 is 5.32 Å². The Morgan fingerprint density at radius 1 is 1.24 bits per heavy atom. The van der Waals surface area contributed by atoms with Crippen LogP contribution in [-0.2, 0) is 9.53 Å². The molecule has 7 nitrogen and oxygen atoms in total. The zero-order valence-corrected chi connectivity index (χ0v) is 17.1. The number of imidazole rings is 1. The number of ether oxygens (including phenoxy) is 1. The van der Waals surface area contributed by atoms with Crippen LogP contribution in [0.3, 0.4) is 0 Å². The Bertz CT molecular complexity index is 1060. The summed E-state index contributed by atoms with van der Waals surface area (Å²) < 4.78 is 13.3. The first-order valence-corrected chi connectivity index (χ1v) is 10.3. The molecule has 2 aromatic heterocycles. The summed E-state index contributed by atoms with van der Waals surface area (Å²) in [6.45, 7) is 3.89. The lowest BCUT2D eigenvalue weighted by molar-refractivity contribution is -0.119. The Morgan fingerprint density at radius 3 is 2.76 bits per heavy atom. The average Bonchev–Trinajstić information content (AvgIpc) is 3.47. The molecular formula is C22H26N4O3. The molecule has 29 heavy (non-hydrogen) atoms. The molecule has 7 heteroatoms. The molecular weight excluding hydrogens is 368 g/mol. The summed E-state index contributed by atoms with van der Waals surface area (Å²) in [6.07, 6.45) is 4.71. The number of amides is 1. The molecule has 2 fully saturated rings. The zero-order chi connectivity index (χ0) is 20.1. The zero-order valence-electron chi connectivity index (χ0n) is 17.1. The van der Waals surface area contributed by atoms with E-state index in [4.69, 9.17) is 14.2 Å². The van der Waals surface area contributed by atoms with Crippen molar-refractivity contribution in [2.24, 2.45) is 0 Å². The van der Waals surface area contributed by atoms with Gasteiger partial charge in [0.05, 0.1) is 28.9 Å². The third kappa shape index (κ3) is 3.04. The number of hydrogen-bond acceptors (Lipinski definition) is 5. The van der Waals surface area contributed by atoms with Crippen molar-refractivity contribution < 1.29 is 14.1 Å². The summed E-state index contributed by atoms with van der Waals surface area (Å²) in [5, 5.41) is 7.19. The largest absolute Gasteiger partial charge is 0.381 e. The highest BCUT2D eigenvalue weighted by molar-refractivity contribution is 5.84. The Labute approximate surface area is 169 Å². The van der Waals surface area contributed by atoms with Crippen LogP contribution in [0.25, 0.3) is 22.2 Å². The van der Waals surface area contributed by atoms with E-state index in [1.165, 1.54) is 0 Å². The summed E-state index contributed by atoms with van der Waals surface area (Å²) >= 11 is 0. The van der Waals surface area contributed by atoms with Crippen molar-refractivity contribution in [3.05, 3.63) is 35.5 Å². The second-order valence-corrected chi connectivity index (χ2v) is 8.23. The number of nitrogens with zero attached hydrogens (tertiary/aromatic N) is 3. The van der Waals surface area contributed by atoms with Crippen molar-refractivity contribution in [1.29, 1.82) is 0 Å². The van der Waals surface area contributed by atoms with E-state index in [2.05, 4.69) is 33.2 Å². The second kappa shape index (κ2) is 6.99. The number of benzene rings is 1. The first kappa shape index (κ1) is 18.4. The number of aromatic nitrogens is 3. The van der Waals surface area contributed by atoms with E-state index >= 15 is 0 Å². The number of methoxy groups -OCH3 is 1. The van der Waals surface area contributed by atoms with Crippen molar-refractivity contribution in [3.8, 4) is 11.1 Å². The predicted molar refractivity (Wildman–Crippen MR) is 109 cm³/mol. The SMILES string of the molecule is CO[C@@H]1CC[C@@H](n2c(C3CCC(=O)N3)nc3cc(-c4c(C)noc4C)ccc32)C1. The monoisotopic (exact) mass is 394 g/mol. The molecule has 152 valence electrons. The molecule has 1 N–H and O–H groups in total. The third-order valence-corrected chi connectivity index (χ3v) is 6.40. The van der Waals surface area contributed by atoms with E-state index < -0.39 is 0 Å². The van der Waals surface area contributed by atoms with Crippen molar-refractivity contribution in [2.45, 2.75) is 64.1 Å². The lowest BCUT2D eigenvalue weighted by atomic mass is 10.0. The molecule has 1 aromatic carbocycles. The highest BCUT2D eigenvalue weighted by Crippen LogP contribution is 2.39. The number of rotatable bonds is 4. The first-order valence-electron chi connectivity index (χ1n) is 10.3. The van der Waals surface area contributed by atoms with Crippen LogP contribution in [0.5, 0.6) is 0 Å². The van der Waals surface area contributed by atoms with Crippen LogP contribution in [0.1, 0.15) is 61.5 Å². The maximum Gasteiger partial charge on any atom is 0.220 e. The molecule has 3 aromatic rings. The van der Waals surface area contributed by atoms with Crippen LogP contribution in [0, 0.1) is 13.8 Å². The van der Waals surface area contributed by atoms with Gasteiger partial charge in [-0.3, -0.25) is 4.79 Å². The number of fused-ring (bicyclic) bond motifs is 1. The predicted octanol–water partition coefficient (Wildman–Crippen LogP) is 4.00. The summed E-state index contributed by atoms with van der Waals surface area (Å²) in [5.41, 5.74) is 5.01. The molecule has 0 radical (unpaired) electrons. The van der Waals surface area contributed by atoms with E-state index in [-0.39, 0.29) is 18.1 Å². The average molecular weight is 394 g/mol. The molecule has 3 atom stereocenters. The highest BCUT2D eigenvalue weighted by atomic mass is 16.5. The van der Waals surface area contributed by atoms with E-state index in [1.807, 2.05) is 13.8 Å². The van der Waals surface area contributed by atoms with Gasteiger partial charge >= 0.3 is 0 Å². The number of carbonyl (C=O) groups is 1. The van der Waals surface area contributed by atoms with Gasteiger partial charge in [-0.25, -0.2) is 4.98 Å². The molecule has 1 unspecified atom stereocenters. The number of hydrogen-bond donors (Lipinski definition) is 1. The second-order valence-electron chi connectivity index (χ2n) is 8.23. The fourth-order valence-electron chi connectivity index (χ4n) is 4.97. The van der Waals surface area contributed by atoms with Gasteiger partial charge in [0.25, 0.3) is 0 Å². The van der Waals surface area contributed by atoms with Crippen LogP contribution in [0.2, 0.25) is 0 Å². The van der Waals surface area contributed by atoms with Gasteiger partial charge in [0.15, 0.2) is 0 Å². The minimum absolute atomic E-state index is 0.0287. The Hall–Kier alpha value is -2.67. The van der Waals surface area contributed by atoms with Gasteiger partial charge in [0, 0.05) is 25.1 Å². The Balaban J connectivity index is 1.63. The van der Waals surface area contributed by atoms with Gasteiger partial charge in [0.2, 0.25) is 5.91 Å². The number of carbonyl (C=O) groups excluding carboxylic acids is 1.